The third-order valence-electron chi connectivity index (χ3n) is 2.04. The molecule has 0 N–H and O–H groups in total. The molecule has 0 spiro atoms. The Hall–Kier alpha value is -0.920. The zero-order valence-electron chi connectivity index (χ0n) is 7.87. The van der Waals surface area contributed by atoms with Crippen LogP contribution in [-0.4, -0.2) is 30.1 Å². The van der Waals surface area contributed by atoms with E-state index >= 15 is 0 Å². The lowest BCUT2D eigenvalue weighted by Gasteiger charge is -2.17. The standard InChI is InChI=1S/C10H18N2/c1-3-4-5-6-7-12-9-8-11(2)10-12/h3,8-9H,1,4-7,10H2,2H3. The van der Waals surface area contributed by atoms with Gasteiger partial charge in [0.05, 0.1) is 6.67 Å². The number of nitrogens with zero attached hydrogens (tertiary/aromatic N) is 2. The molecule has 1 rings (SSSR count). The summed E-state index contributed by atoms with van der Waals surface area (Å²) in [4.78, 5) is 4.52. The quantitative estimate of drug-likeness (QED) is 0.455. The molecule has 2 nitrogen and oxygen atoms in total. The van der Waals surface area contributed by atoms with Crippen molar-refractivity contribution in [1.29, 1.82) is 0 Å². The van der Waals surface area contributed by atoms with Crippen molar-refractivity contribution in [3.63, 3.8) is 0 Å². The van der Waals surface area contributed by atoms with Gasteiger partial charge in [0.1, 0.15) is 0 Å². The Morgan fingerprint density at radius 3 is 2.83 bits per heavy atom. The summed E-state index contributed by atoms with van der Waals surface area (Å²) in [6.07, 6.45) is 9.95. The Morgan fingerprint density at radius 1 is 1.42 bits per heavy atom. The van der Waals surface area contributed by atoms with Crippen LogP contribution in [0, 0.1) is 0 Å². The van der Waals surface area contributed by atoms with E-state index < -0.39 is 0 Å². The molecule has 1 aliphatic heterocycles. The van der Waals surface area contributed by atoms with Crippen molar-refractivity contribution in [2.24, 2.45) is 0 Å². The van der Waals surface area contributed by atoms with Crippen LogP contribution in [0.3, 0.4) is 0 Å². The van der Waals surface area contributed by atoms with Gasteiger partial charge in [-0.2, -0.15) is 0 Å². The van der Waals surface area contributed by atoms with Crippen LogP contribution in [0.1, 0.15) is 19.3 Å². The topological polar surface area (TPSA) is 6.48 Å². The molecule has 1 heterocycles. The number of unbranched alkanes of at least 4 members (excludes halogenated alkanes) is 2. The lowest BCUT2D eigenvalue weighted by Crippen LogP contribution is -2.23. The minimum Gasteiger partial charge on any atom is -0.362 e. The molecule has 68 valence electrons. The second-order valence-corrected chi connectivity index (χ2v) is 3.29. The van der Waals surface area contributed by atoms with Crippen molar-refractivity contribution in [3.05, 3.63) is 25.1 Å². The maximum absolute atomic E-state index is 3.71. The van der Waals surface area contributed by atoms with E-state index in [4.69, 9.17) is 0 Å². The number of rotatable bonds is 5. The van der Waals surface area contributed by atoms with E-state index in [0.717, 1.165) is 13.1 Å². The summed E-state index contributed by atoms with van der Waals surface area (Å²) in [7, 11) is 2.10. The van der Waals surface area contributed by atoms with Crippen molar-refractivity contribution in [2.75, 3.05) is 20.3 Å². The summed E-state index contributed by atoms with van der Waals surface area (Å²) >= 11 is 0. The van der Waals surface area contributed by atoms with Crippen LogP contribution < -0.4 is 0 Å². The second-order valence-electron chi connectivity index (χ2n) is 3.29. The summed E-state index contributed by atoms with van der Waals surface area (Å²) in [6.45, 7) is 5.93. The Labute approximate surface area is 75.2 Å². The van der Waals surface area contributed by atoms with Gasteiger partial charge in [-0.25, -0.2) is 0 Å². The van der Waals surface area contributed by atoms with Crippen LogP contribution in [0.5, 0.6) is 0 Å². The van der Waals surface area contributed by atoms with E-state index in [1.807, 2.05) is 6.08 Å². The first kappa shape index (κ1) is 9.17. The van der Waals surface area contributed by atoms with Gasteiger partial charge in [0.2, 0.25) is 0 Å². The van der Waals surface area contributed by atoms with Gasteiger partial charge in [0.25, 0.3) is 0 Å². The minimum absolute atomic E-state index is 1.05. The molecule has 1 aliphatic rings. The smallest absolute Gasteiger partial charge is 0.0890 e. The van der Waals surface area contributed by atoms with Crippen LogP contribution in [0.4, 0.5) is 0 Å². The number of hydrogen-bond donors (Lipinski definition) is 0. The fourth-order valence-electron chi connectivity index (χ4n) is 1.34. The lowest BCUT2D eigenvalue weighted by molar-refractivity contribution is 0.292. The van der Waals surface area contributed by atoms with Gasteiger partial charge in [-0.3, -0.25) is 0 Å². The summed E-state index contributed by atoms with van der Waals surface area (Å²) in [6, 6.07) is 0. The summed E-state index contributed by atoms with van der Waals surface area (Å²) in [5, 5.41) is 0. The molecule has 0 fully saturated rings. The zero-order valence-corrected chi connectivity index (χ0v) is 7.87. The first-order chi connectivity index (χ1) is 5.83. The van der Waals surface area contributed by atoms with E-state index in [2.05, 4.69) is 35.8 Å². The molecular formula is C10H18N2. The van der Waals surface area contributed by atoms with Gasteiger partial charge in [-0.1, -0.05) is 6.08 Å². The first-order valence-corrected chi connectivity index (χ1v) is 4.56. The van der Waals surface area contributed by atoms with E-state index in [9.17, 15) is 0 Å². The van der Waals surface area contributed by atoms with Gasteiger partial charge in [0.15, 0.2) is 0 Å². The second kappa shape index (κ2) is 4.86. The largest absolute Gasteiger partial charge is 0.362 e. The van der Waals surface area contributed by atoms with Gasteiger partial charge in [-0.05, 0) is 19.3 Å². The van der Waals surface area contributed by atoms with Gasteiger partial charge >= 0.3 is 0 Å². The highest BCUT2D eigenvalue weighted by Gasteiger charge is 2.06. The van der Waals surface area contributed by atoms with Crippen molar-refractivity contribution < 1.29 is 0 Å². The molecule has 0 unspecified atom stereocenters. The molecule has 0 saturated carbocycles. The first-order valence-electron chi connectivity index (χ1n) is 4.56. The van der Waals surface area contributed by atoms with E-state index in [0.29, 0.717) is 0 Å². The van der Waals surface area contributed by atoms with Gasteiger partial charge in [-0.15, -0.1) is 6.58 Å². The predicted octanol–water partition coefficient (Wildman–Crippen LogP) is 2.02. The average molecular weight is 166 g/mol. The maximum atomic E-state index is 3.71. The Kier molecular flexibility index (Phi) is 3.71. The highest BCUT2D eigenvalue weighted by molar-refractivity contribution is 4.88. The molecular weight excluding hydrogens is 148 g/mol. The molecule has 2 heteroatoms. The maximum Gasteiger partial charge on any atom is 0.0890 e. The minimum atomic E-state index is 1.05. The van der Waals surface area contributed by atoms with E-state index in [1.54, 1.807) is 0 Å². The zero-order chi connectivity index (χ0) is 8.81. The number of hydrogen-bond acceptors (Lipinski definition) is 2. The van der Waals surface area contributed by atoms with Crippen LogP contribution in [0.2, 0.25) is 0 Å². The summed E-state index contributed by atoms with van der Waals surface area (Å²) < 4.78 is 0. The Balaban J connectivity index is 2.01. The molecule has 0 aliphatic carbocycles. The monoisotopic (exact) mass is 166 g/mol. The molecule has 12 heavy (non-hydrogen) atoms. The third kappa shape index (κ3) is 2.99. The van der Waals surface area contributed by atoms with Crippen molar-refractivity contribution in [3.8, 4) is 0 Å². The normalized spacial score (nSPS) is 15.8. The van der Waals surface area contributed by atoms with Crippen LogP contribution in [-0.2, 0) is 0 Å². The Bertz CT molecular complexity index is 163. The summed E-state index contributed by atoms with van der Waals surface area (Å²) in [5.41, 5.74) is 0. The SMILES string of the molecule is C=CCCCCN1C=CN(C)C1. The van der Waals surface area contributed by atoms with Crippen LogP contribution in [0.15, 0.2) is 25.1 Å². The lowest BCUT2D eigenvalue weighted by atomic mass is 10.2. The summed E-state index contributed by atoms with van der Waals surface area (Å²) in [5.74, 6) is 0. The highest BCUT2D eigenvalue weighted by Crippen LogP contribution is 2.06. The Morgan fingerprint density at radius 2 is 2.25 bits per heavy atom. The number of allylic oxidation sites excluding steroid dienone is 1. The van der Waals surface area contributed by atoms with Gasteiger partial charge < -0.3 is 9.80 Å². The van der Waals surface area contributed by atoms with Gasteiger partial charge in [0, 0.05) is 26.0 Å². The fourth-order valence-corrected chi connectivity index (χ4v) is 1.34. The van der Waals surface area contributed by atoms with Crippen molar-refractivity contribution in [2.45, 2.75) is 19.3 Å². The molecule has 0 aromatic carbocycles. The van der Waals surface area contributed by atoms with Crippen molar-refractivity contribution >= 4 is 0 Å². The van der Waals surface area contributed by atoms with Crippen molar-refractivity contribution in [1.82, 2.24) is 9.80 Å². The molecule has 0 saturated heterocycles. The molecule has 0 aromatic heterocycles. The highest BCUT2D eigenvalue weighted by atomic mass is 15.3. The molecule has 0 bridgehead atoms. The molecule has 0 atom stereocenters. The predicted molar refractivity (Wildman–Crippen MR) is 52.5 cm³/mol. The fraction of sp³-hybridized carbons (Fsp3) is 0.600. The molecule has 0 radical (unpaired) electrons. The van der Waals surface area contributed by atoms with Crippen LogP contribution in [0.25, 0.3) is 0 Å². The molecule has 0 amide bonds. The van der Waals surface area contributed by atoms with Crippen LogP contribution >= 0.6 is 0 Å². The van der Waals surface area contributed by atoms with E-state index in [1.165, 1.54) is 19.4 Å². The molecule has 0 aromatic rings. The third-order valence-corrected chi connectivity index (χ3v) is 2.04. The van der Waals surface area contributed by atoms with E-state index in [-0.39, 0.29) is 0 Å². The average Bonchev–Trinajstić information content (AvgIpc) is 2.45.